The summed E-state index contributed by atoms with van der Waals surface area (Å²) >= 11 is 1.52. The Hall–Kier alpha value is -1.81. The minimum atomic E-state index is -0.0296. The highest BCUT2D eigenvalue weighted by Crippen LogP contribution is 2.39. The van der Waals surface area contributed by atoms with Gasteiger partial charge in [0.2, 0.25) is 0 Å². The van der Waals surface area contributed by atoms with Gasteiger partial charge in [0.25, 0.3) is 5.91 Å². The van der Waals surface area contributed by atoms with Gasteiger partial charge in [0.05, 0.1) is 10.6 Å². The quantitative estimate of drug-likeness (QED) is 0.933. The van der Waals surface area contributed by atoms with Gasteiger partial charge in [0.15, 0.2) is 0 Å². The summed E-state index contributed by atoms with van der Waals surface area (Å²) in [6, 6.07) is 8.41. The first-order chi connectivity index (χ1) is 9.99. The van der Waals surface area contributed by atoms with Crippen molar-refractivity contribution in [2.24, 2.45) is 0 Å². The van der Waals surface area contributed by atoms with Crippen molar-refractivity contribution in [2.75, 3.05) is 19.8 Å². The smallest absolute Gasteiger partial charge is 0.256 e. The number of hydrogen-bond donors (Lipinski definition) is 1. The normalized spacial score (nSPS) is 10.7. The maximum atomic E-state index is 12.5. The highest BCUT2D eigenvalue weighted by molar-refractivity contribution is 7.17. The molecule has 0 aliphatic rings. The van der Waals surface area contributed by atoms with Crippen LogP contribution in [0.4, 0.5) is 5.00 Å². The van der Waals surface area contributed by atoms with E-state index in [2.05, 4.69) is 38.1 Å². The van der Waals surface area contributed by atoms with Gasteiger partial charge in [-0.3, -0.25) is 4.79 Å². The van der Waals surface area contributed by atoms with Crippen LogP contribution in [0.25, 0.3) is 11.1 Å². The Morgan fingerprint density at radius 2 is 1.76 bits per heavy atom. The summed E-state index contributed by atoms with van der Waals surface area (Å²) in [5.41, 5.74) is 10.1. The van der Waals surface area contributed by atoms with Gasteiger partial charge in [0, 0.05) is 24.5 Å². The lowest BCUT2D eigenvalue weighted by Gasteiger charge is -2.13. The zero-order valence-electron chi connectivity index (χ0n) is 13.1. The number of carbonyl (C=O) groups excluding carboxylic acids is 1. The first-order valence-corrected chi connectivity index (χ1v) is 8.03. The van der Waals surface area contributed by atoms with Crippen molar-refractivity contribution in [3.05, 3.63) is 40.3 Å². The Bertz CT molecular complexity index is 642. The molecule has 21 heavy (non-hydrogen) atoms. The molecule has 0 saturated heterocycles. The molecule has 0 spiro atoms. The molecular formula is C17H22N2OS. The van der Waals surface area contributed by atoms with E-state index in [-0.39, 0.29) is 5.91 Å². The third-order valence-corrected chi connectivity index (χ3v) is 4.76. The van der Waals surface area contributed by atoms with Gasteiger partial charge in [-0.25, -0.2) is 0 Å². The second-order valence-corrected chi connectivity index (χ2v) is 6.38. The summed E-state index contributed by atoms with van der Waals surface area (Å²) < 4.78 is 0. The number of benzene rings is 1. The largest absolute Gasteiger partial charge is 0.390 e. The van der Waals surface area contributed by atoms with Crippen molar-refractivity contribution in [3.8, 4) is 11.1 Å². The van der Waals surface area contributed by atoms with Crippen LogP contribution >= 0.6 is 11.3 Å². The topological polar surface area (TPSA) is 46.3 Å². The van der Waals surface area contributed by atoms with E-state index in [1.807, 2.05) is 0 Å². The van der Waals surface area contributed by atoms with Gasteiger partial charge in [0.1, 0.15) is 0 Å². The number of nitrogens with two attached hydrogens (primary N) is 1. The van der Waals surface area contributed by atoms with E-state index < -0.39 is 0 Å². The molecule has 1 aromatic carbocycles. The van der Waals surface area contributed by atoms with Crippen LogP contribution in [0.3, 0.4) is 0 Å². The number of carbonyl (C=O) groups is 1. The second kappa shape index (κ2) is 6.31. The molecule has 112 valence electrons. The molecule has 0 saturated carbocycles. The number of anilines is 1. The zero-order valence-corrected chi connectivity index (χ0v) is 13.9. The van der Waals surface area contributed by atoms with Crippen LogP contribution in [-0.4, -0.2) is 24.9 Å². The van der Waals surface area contributed by atoms with Crippen LogP contribution < -0.4 is 5.73 Å². The molecule has 4 heteroatoms. The van der Waals surface area contributed by atoms with Crippen LogP contribution in [0.1, 0.15) is 34.6 Å². The second-order valence-electron chi connectivity index (χ2n) is 5.24. The molecule has 2 aromatic rings. The van der Waals surface area contributed by atoms with E-state index in [1.165, 1.54) is 21.8 Å². The number of amides is 1. The maximum absolute atomic E-state index is 12.5. The van der Waals surface area contributed by atoms with Crippen molar-refractivity contribution < 1.29 is 4.79 Å². The van der Waals surface area contributed by atoms with Crippen molar-refractivity contribution in [1.82, 2.24) is 4.90 Å². The lowest BCUT2D eigenvalue weighted by molar-refractivity contribution is 0.0829. The molecule has 0 aliphatic carbocycles. The van der Waals surface area contributed by atoms with Crippen molar-refractivity contribution in [3.63, 3.8) is 0 Å². The van der Waals surface area contributed by atoms with Gasteiger partial charge in [-0.15, -0.1) is 11.3 Å². The molecule has 0 bridgehead atoms. The van der Waals surface area contributed by atoms with E-state index in [9.17, 15) is 4.79 Å². The summed E-state index contributed by atoms with van der Waals surface area (Å²) in [7, 11) is 3.52. The first-order valence-electron chi connectivity index (χ1n) is 7.21. The minimum absolute atomic E-state index is 0.0296. The molecule has 2 N–H and O–H groups in total. The average Bonchev–Trinajstić information content (AvgIpc) is 2.83. The summed E-state index contributed by atoms with van der Waals surface area (Å²) in [6.07, 6.45) is 1.89. The zero-order chi connectivity index (χ0) is 15.6. The molecule has 0 aliphatic heterocycles. The number of thiophene rings is 1. The van der Waals surface area contributed by atoms with Gasteiger partial charge in [-0.2, -0.15) is 0 Å². The van der Waals surface area contributed by atoms with E-state index >= 15 is 0 Å². The average molecular weight is 302 g/mol. The summed E-state index contributed by atoms with van der Waals surface area (Å²) in [5, 5.41) is 0.611. The van der Waals surface area contributed by atoms with E-state index in [1.54, 1.807) is 19.0 Å². The molecule has 0 radical (unpaired) electrons. The third-order valence-electron chi connectivity index (χ3n) is 3.60. The van der Waals surface area contributed by atoms with Crippen molar-refractivity contribution >= 4 is 22.2 Å². The molecule has 1 aromatic heterocycles. The van der Waals surface area contributed by atoms with Crippen LogP contribution in [0.5, 0.6) is 0 Å². The molecular weight excluding hydrogens is 280 g/mol. The highest BCUT2D eigenvalue weighted by Gasteiger charge is 2.23. The van der Waals surface area contributed by atoms with Crippen molar-refractivity contribution in [1.29, 1.82) is 0 Å². The highest BCUT2D eigenvalue weighted by atomic mass is 32.1. The molecule has 0 unspecified atom stereocenters. The molecule has 1 amide bonds. The Balaban J connectivity index is 2.61. The van der Waals surface area contributed by atoms with E-state index in [0.717, 1.165) is 24.0 Å². The fourth-order valence-electron chi connectivity index (χ4n) is 2.39. The van der Waals surface area contributed by atoms with Crippen LogP contribution in [-0.2, 0) is 12.8 Å². The molecule has 0 atom stereocenters. The van der Waals surface area contributed by atoms with E-state index in [4.69, 9.17) is 5.73 Å². The fourth-order valence-corrected chi connectivity index (χ4v) is 3.42. The summed E-state index contributed by atoms with van der Waals surface area (Å²) in [6.45, 7) is 4.23. The molecule has 1 heterocycles. The third kappa shape index (κ3) is 2.95. The summed E-state index contributed by atoms with van der Waals surface area (Å²) in [4.78, 5) is 15.2. The number of nitrogen functional groups attached to an aromatic ring is 1. The Morgan fingerprint density at radius 1 is 1.14 bits per heavy atom. The minimum Gasteiger partial charge on any atom is -0.390 e. The Morgan fingerprint density at radius 3 is 2.24 bits per heavy atom. The molecule has 0 fully saturated rings. The predicted octanol–water partition coefficient (Wildman–Crippen LogP) is 3.82. The predicted molar refractivity (Wildman–Crippen MR) is 90.9 cm³/mol. The number of hydrogen-bond acceptors (Lipinski definition) is 3. The van der Waals surface area contributed by atoms with Crippen molar-refractivity contribution in [2.45, 2.75) is 26.7 Å². The van der Waals surface area contributed by atoms with Gasteiger partial charge < -0.3 is 10.6 Å². The molecule has 2 rings (SSSR count). The van der Waals surface area contributed by atoms with Gasteiger partial charge >= 0.3 is 0 Å². The fraction of sp³-hybridized carbons (Fsp3) is 0.353. The van der Waals surface area contributed by atoms with Gasteiger partial charge in [-0.05, 0) is 24.0 Å². The summed E-state index contributed by atoms with van der Waals surface area (Å²) in [5.74, 6) is -0.0296. The van der Waals surface area contributed by atoms with Gasteiger partial charge in [-0.1, -0.05) is 38.1 Å². The van der Waals surface area contributed by atoms with E-state index in [0.29, 0.717) is 10.6 Å². The first kappa shape index (κ1) is 15.6. The standard InChI is InChI=1S/C17H22N2OS/c1-5-11-7-9-12(10-8-11)14-13(6-2)21-16(18)15(14)17(20)19(3)4/h7-10H,5-6,18H2,1-4H3. The number of aryl methyl sites for hydroxylation is 2. The van der Waals surface area contributed by atoms with Crippen LogP contribution in [0, 0.1) is 0 Å². The lowest BCUT2D eigenvalue weighted by Crippen LogP contribution is -2.22. The maximum Gasteiger partial charge on any atom is 0.256 e. The van der Waals surface area contributed by atoms with Crippen LogP contribution in [0.2, 0.25) is 0 Å². The number of nitrogens with zero attached hydrogens (tertiary/aromatic N) is 1. The molecule has 3 nitrogen and oxygen atoms in total. The number of rotatable bonds is 4. The van der Waals surface area contributed by atoms with Crippen LogP contribution in [0.15, 0.2) is 24.3 Å². The SMILES string of the molecule is CCc1ccc(-c2c(CC)sc(N)c2C(=O)N(C)C)cc1. The lowest BCUT2D eigenvalue weighted by atomic mass is 9.98. The monoisotopic (exact) mass is 302 g/mol. The Kier molecular flexibility index (Phi) is 4.68. The Labute approximate surface area is 130 Å².